The van der Waals surface area contributed by atoms with Gasteiger partial charge in [0.25, 0.3) is 5.91 Å². The number of nitrogens with one attached hydrogen (secondary N) is 1. The number of ether oxygens (including phenoxy) is 1. The second kappa shape index (κ2) is 9.52. The van der Waals surface area contributed by atoms with Crippen LogP contribution in [0.15, 0.2) is 18.2 Å². The van der Waals surface area contributed by atoms with Crippen LogP contribution < -0.4 is 5.32 Å². The second-order valence-corrected chi connectivity index (χ2v) is 12.2. The van der Waals surface area contributed by atoms with Crippen LogP contribution in [0.3, 0.4) is 0 Å². The Morgan fingerprint density at radius 2 is 1.88 bits per heavy atom. The van der Waals surface area contributed by atoms with Crippen molar-refractivity contribution in [1.82, 2.24) is 5.32 Å². The lowest BCUT2D eigenvalue weighted by Gasteiger charge is -2.56. The number of rotatable bonds is 5. The largest absolute Gasteiger partial charge is 0.384 e. The zero-order valence-corrected chi connectivity index (χ0v) is 21.0. The van der Waals surface area contributed by atoms with Gasteiger partial charge in [0, 0.05) is 25.8 Å². The Morgan fingerprint density at radius 1 is 1.09 bits per heavy atom. The molecule has 34 heavy (non-hydrogen) atoms. The molecular formula is C29H41F2NO2. The first kappa shape index (κ1) is 24.2. The van der Waals surface area contributed by atoms with Crippen LogP contribution in [0.4, 0.5) is 8.78 Å². The van der Waals surface area contributed by atoms with E-state index in [-0.39, 0.29) is 17.0 Å². The highest BCUT2D eigenvalue weighted by Gasteiger charge is 2.57. The van der Waals surface area contributed by atoms with Crippen LogP contribution in [0.1, 0.15) is 82.0 Å². The third-order valence-electron chi connectivity index (χ3n) is 10.7. The Balaban J connectivity index is 1.26. The molecule has 0 heterocycles. The zero-order chi connectivity index (χ0) is 24.0. The van der Waals surface area contributed by atoms with Gasteiger partial charge in [0.05, 0.1) is 5.56 Å². The number of methoxy groups -OCH3 is 1. The van der Waals surface area contributed by atoms with Gasteiger partial charge in [-0.3, -0.25) is 4.79 Å². The van der Waals surface area contributed by atoms with E-state index in [0.717, 1.165) is 60.7 Å². The Hall–Kier alpha value is -1.49. The second-order valence-electron chi connectivity index (χ2n) is 12.2. The summed E-state index contributed by atoms with van der Waals surface area (Å²) in [5.41, 5.74) is 0.161. The number of halogens is 2. The molecule has 1 N–H and O–H groups in total. The molecule has 5 heteroatoms. The maximum atomic E-state index is 14.2. The van der Waals surface area contributed by atoms with Gasteiger partial charge in [-0.2, -0.15) is 0 Å². The highest BCUT2D eigenvalue weighted by molar-refractivity contribution is 5.94. The minimum Gasteiger partial charge on any atom is -0.384 e. The lowest BCUT2D eigenvalue weighted by Crippen LogP contribution is -2.51. The standard InChI is InChI=1S/C29H41F2NO2/c1-17(32-28(33)24-9-6-20(30)15-27(24)31)25-10-11-26-23-8-5-19-14-18(16-34-3)4-7-21(19)22(23)12-13-29(25,26)2/h6,9,15,17-19,21-23,25-26H,4-5,7-8,10-14,16H2,1-3H3,(H,32,33)/t17-,18-,19+,21-,22?,23+,25?,26?,29+/m0/s1. The Kier molecular flexibility index (Phi) is 6.78. The molecule has 0 aromatic heterocycles. The third-order valence-corrected chi connectivity index (χ3v) is 10.7. The molecule has 188 valence electrons. The normalized spacial score (nSPS) is 40.1. The molecule has 5 rings (SSSR count). The maximum Gasteiger partial charge on any atom is 0.254 e. The van der Waals surface area contributed by atoms with E-state index in [9.17, 15) is 13.6 Å². The van der Waals surface area contributed by atoms with E-state index in [1.165, 1.54) is 57.4 Å². The average molecular weight is 474 g/mol. The molecule has 1 amide bonds. The van der Waals surface area contributed by atoms with E-state index in [2.05, 4.69) is 19.2 Å². The molecule has 4 aliphatic carbocycles. The summed E-state index contributed by atoms with van der Waals surface area (Å²) in [7, 11) is 1.83. The van der Waals surface area contributed by atoms with Crippen molar-refractivity contribution in [3.63, 3.8) is 0 Å². The fraction of sp³-hybridized carbons (Fsp3) is 0.759. The minimum absolute atomic E-state index is 0.0238. The van der Waals surface area contributed by atoms with Crippen molar-refractivity contribution in [2.45, 2.75) is 77.7 Å². The van der Waals surface area contributed by atoms with E-state index in [4.69, 9.17) is 4.74 Å². The van der Waals surface area contributed by atoms with E-state index in [1.54, 1.807) is 0 Å². The minimum atomic E-state index is -0.794. The quantitative estimate of drug-likeness (QED) is 0.522. The predicted octanol–water partition coefficient (Wildman–Crippen LogP) is 6.61. The highest BCUT2D eigenvalue weighted by Crippen LogP contribution is 2.64. The molecule has 4 fully saturated rings. The fourth-order valence-corrected chi connectivity index (χ4v) is 9.26. The molecule has 9 atom stereocenters. The van der Waals surface area contributed by atoms with E-state index >= 15 is 0 Å². The SMILES string of the molecule is COC[C@H]1CC[C@@H]2C3CC[C@@]4(C)C(CCC4[C@H](C)NC(=O)c4ccc(F)cc4F)[C@@H]3CC[C@@H]2C1. The summed E-state index contributed by atoms with van der Waals surface area (Å²) in [6.45, 7) is 5.47. The van der Waals surface area contributed by atoms with Crippen molar-refractivity contribution in [3.05, 3.63) is 35.4 Å². The van der Waals surface area contributed by atoms with E-state index in [0.29, 0.717) is 5.92 Å². The van der Waals surface area contributed by atoms with Crippen molar-refractivity contribution in [1.29, 1.82) is 0 Å². The predicted molar refractivity (Wildman–Crippen MR) is 129 cm³/mol. The van der Waals surface area contributed by atoms with Gasteiger partial charge in [-0.15, -0.1) is 0 Å². The number of carbonyl (C=O) groups is 1. The van der Waals surface area contributed by atoms with Crippen LogP contribution in [0, 0.1) is 58.5 Å². The molecule has 1 aromatic rings. The van der Waals surface area contributed by atoms with Crippen LogP contribution in [-0.4, -0.2) is 25.7 Å². The first-order chi connectivity index (χ1) is 16.3. The summed E-state index contributed by atoms with van der Waals surface area (Å²) in [5, 5.41) is 3.08. The number of amides is 1. The van der Waals surface area contributed by atoms with Gasteiger partial charge >= 0.3 is 0 Å². The summed E-state index contributed by atoms with van der Waals surface area (Å²) < 4.78 is 32.9. The molecule has 0 spiro atoms. The molecule has 4 aliphatic rings. The first-order valence-corrected chi connectivity index (χ1v) is 13.6. The summed E-state index contributed by atoms with van der Waals surface area (Å²) in [6.07, 6.45) is 11.7. The zero-order valence-electron chi connectivity index (χ0n) is 21.0. The van der Waals surface area contributed by atoms with Crippen molar-refractivity contribution in [3.8, 4) is 0 Å². The van der Waals surface area contributed by atoms with Gasteiger partial charge in [-0.25, -0.2) is 8.78 Å². The number of hydrogen-bond acceptors (Lipinski definition) is 2. The fourth-order valence-electron chi connectivity index (χ4n) is 9.26. The van der Waals surface area contributed by atoms with Crippen molar-refractivity contribution < 1.29 is 18.3 Å². The average Bonchev–Trinajstić information content (AvgIpc) is 3.16. The number of fused-ring (bicyclic) bond motifs is 5. The first-order valence-electron chi connectivity index (χ1n) is 13.6. The van der Waals surface area contributed by atoms with Crippen molar-refractivity contribution in [2.75, 3.05) is 13.7 Å². The third kappa shape index (κ3) is 4.20. The Bertz CT molecular complexity index is 906. The molecular weight excluding hydrogens is 432 g/mol. The highest BCUT2D eigenvalue weighted by atomic mass is 19.1. The van der Waals surface area contributed by atoms with E-state index < -0.39 is 17.5 Å². The lowest BCUT2D eigenvalue weighted by atomic mass is 9.49. The monoisotopic (exact) mass is 473 g/mol. The van der Waals surface area contributed by atoms with Gasteiger partial charge in [0.1, 0.15) is 11.6 Å². The molecule has 1 aromatic carbocycles. The van der Waals surface area contributed by atoms with Crippen LogP contribution in [-0.2, 0) is 4.74 Å². The van der Waals surface area contributed by atoms with Crippen molar-refractivity contribution >= 4 is 5.91 Å². The van der Waals surface area contributed by atoms with Crippen LogP contribution >= 0.6 is 0 Å². The smallest absolute Gasteiger partial charge is 0.254 e. The molecule has 4 saturated carbocycles. The molecule has 3 unspecified atom stereocenters. The Labute approximate surface area is 203 Å². The molecule has 0 bridgehead atoms. The van der Waals surface area contributed by atoms with Crippen LogP contribution in [0.2, 0.25) is 0 Å². The lowest BCUT2D eigenvalue weighted by molar-refractivity contribution is -0.0742. The molecule has 3 nitrogen and oxygen atoms in total. The van der Waals surface area contributed by atoms with E-state index in [1.807, 2.05) is 7.11 Å². The van der Waals surface area contributed by atoms with Crippen molar-refractivity contribution in [2.24, 2.45) is 46.8 Å². The van der Waals surface area contributed by atoms with Gasteiger partial charge in [0.2, 0.25) is 0 Å². The van der Waals surface area contributed by atoms with Gasteiger partial charge in [-0.1, -0.05) is 6.92 Å². The number of hydrogen-bond donors (Lipinski definition) is 1. The maximum absolute atomic E-state index is 14.2. The summed E-state index contributed by atoms with van der Waals surface area (Å²) in [4.78, 5) is 12.8. The van der Waals surface area contributed by atoms with Gasteiger partial charge in [-0.05, 0) is 124 Å². The number of carbonyl (C=O) groups excluding carboxylic acids is 1. The Morgan fingerprint density at radius 3 is 2.65 bits per heavy atom. The topological polar surface area (TPSA) is 38.3 Å². The summed E-state index contributed by atoms with van der Waals surface area (Å²) in [6, 6.07) is 3.16. The molecule has 0 radical (unpaired) electrons. The van der Waals surface area contributed by atoms with Crippen LogP contribution in [0.25, 0.3) is 0 Å². The summed E-state index contributed by atoms with van der Waals surface area (Å²) in [5.74, 6) is 3.48. The number of benzene rings is 1. The molecule has 0 saturated heterocycles. The van der Waals surface area contributed by atoms with Gasteiger partial charge < -0.3 is 10.1 Å². The van der Waals surface area contributed by atoms with Gasteiger partial charge in [0.15, 0.2) is 0 Å². The summed E-state index contributed by atoms with van der Waals surface area (Å²) >= 11 is 0. The molecule has 0 aliphatic heterocycles. The van der Waals surface area contributed by atoms with Crippen LogP contribution in [0.5, 0.6) is 0 Å².